The maximum atomic E-state index is 13.1. The first-order valence-electron chi connectivity index (χ1n) is 10.6. The number of phosphoric ester groups is 1. The van der Waals surface area contributed by atoms with E-state index >= 15 is 0 Å². The fraction of sp³-hybridized carbons (Fsp3) is 0.318. The lowest BCUT2D eigenvalue weighted by atomic mass is 10.1. The van der Waals surface area contributed by atoms with Crippen molar-refractivity contribution in [3.63, 3.8) is 0 Å². The van der Waals surface area contributed by atoms with Gasteiger partial charge in [0.2, 0.25) is 0 Å². The molecule has 1 aliphatic heterocycles. The Balaban J connectivity index is 1.56. The highest BCUT2D eigenvalue weighted by atomic mass is 31.2. The second-order valence-electron chi connectivity index (χ2n) is 8.08. The van der Waals surface area contributed by atoms with E-state index in [1.54, 1.807) is 12.3 Å². The van der Waals surface area contributed by atoms with Gasteiger partial charge in [-0.25, -0.2) is 9.36 Å². The number of ether oxygens (including phenoxy) is 1. The third-order valence-electron chi connectivity index (χ3n) is 5.57. The minimum absolute atomic E-state index is 0.142. The molecule has 1 aliphatic rings. The Labute approximate surface area is 198 Å². The Hall–Kier alpha value is -2.96. The summed E-state index contributed by atoms with van der Waals surface area (Å²) in [5, 5.41) is 20.6. The SMILES string of the molecule is O=c1ccn([C@@H]2O[C@H](COP(=O)(O)O)[C@H](O)C2O)c(=O)n1Cc1cc(Cc2ccccc2)ccn1. The molecule has 4 atom stereocenters. The first-order valence-corrected chi connectivity index (χ1v) is 12.2. The van der Waals surface area contributed by atoms with E-state index in [2.05, 4.69) is 9.51 Å². The zero-order chi connectivity index (χ0) is 25.2. The summed E-state index contributed by atoms with van der Waals surface area (Å²) < 4.78 is 22.6. The lowest BCUT2D eigenvalue weighted by molar-refractivity contribution is -0.0548. The lowest BCUT2D eigenvalue weighted by Crippen LogP contribution is -2.43. The number of aromatic nitrogens is 3. The van der Waals surface area contributed by atoms with E-state index in [0.717, 1.165) is 32.5 Å². The van der Waals surface area contributed by atoms with Crippen molar-refractivity contribution in [2.24, 2.45) is 0 Å². The summed E-state index contributed by atoms with van der Waals surface area (Å²) in [6, 6.07) is 14.5. The maximum Gasteiger partial charge on any atom is 0.469 e. The number of benzene rings is 1. The van der Waals surface area contributed by atoms with Gasteiger partial charge in [-0.15, -0.1) is 0 Å². The molecule has 12 nitrogen and oxygen atoms in total. The monoisotopic (exact) mass is 505 g/mol. The smallest absolute Gasteiger partial charge is 0.387 e. The molecule has 35 heavy (non-hydrogen) atoms. The van der Waals surface area contributed by atoms with Gasteiger partial charge < -0.3 is 24.7 Å². The van der Waals surface area contributed by atoms with E-state index in [0.29, 0.717) is 12.1 Å². The third-order valence-corrected chi connectivity index (χ3v) is 6.05. The van der Waals surface area contributed by atoms with E-state index in [9.17, 15) is 24.4 Å². The number of aliphatic hydroxyl groups is 2. The highest BCUT2D eigenvalue weighted by molar-refractivity contribution is 7.46. The molecule has 2 aromatic heterocycles. The summed E-state index contributed by atoms with van der Waals surface area (Å²) in [5.74, 6) is 0. The second-order valence-corrected chi connectivity index (χ2v) is 9.32. The number of hydrogen-bond donors (Lipinski definition) is 4. The molecular weight excluding hydrogens is 481 g/mol. The van der Waals surface area contributed by atoms with Crippen molar-refractivity contribution in [2.75, 3.05) is 6.61 Å². The zero-order valence-corrected chi connectivity index (χ0v) is 19.2. The summed E-state index contributed by atoms with van der Waals surface area (Å²) in [6.45, 7) is -0.858. The number of hydrogen-bond acceptors (Lipinski definition) is 8. The van der Waals surface area contributed by atoms with Crippen LogP contribution >= 0.6 is 7.82 Å². The molecule has 1 unspecified atom stereocenters. The van der Waals surface area contributed by atoms with Crippen molar-refractivity contribution >= 4 is 7.82 Å². The van der Waals surface area contributed by atoms with Crippen LogP contribution < -0.4 is 11.2 Å². The Morgan fingerprint density at radius 3 is 2.49 bits per heavy atom. The van der Waals surface area contributed by atoms with Gasteiger partial charge in [0, 0.05) is 18.5 Å². The van der Waals surface area contributed by atoms with Gasteiger partial charge in [-0.05, 0) is 29.7 Å². The van der Waals surface area contributed by atoms with Crippen molar-refractivity contribution in [2.45, 2.75) is 37.5 Å². The molecule has 4 N–H and O–H groups in total. The number of nitrogens with zero attached hydrogens (tertiary/aromatic N) is 3. The summed E-state index contributed by atoms with van der Waals surface area (Å²) >= 11 is 0. The predicted octanol–water partition coefficient (Wildman–Crippen LogP) is -0.227. The molecular formula is C22H24N3O9P. The molecule has 0 amide bonds. The molecule has 0 bridgehead atoms. The Bertz CT molecular complexity index is 1340. The minimum Gasteiger partial charge on any atom is -0.387 e. The Kier molecular flexibility index (Phi) is 7.43. The van der Waals surface area contributed by atoms with E-state index in [4.69, 9.17) is 14.5 Å². The van der Waals surface area contributed by atoms with Crippen LogP contribution in [0.4, 0.5) is 0 Å². The van der Waals surface area contributed by atoms with Gasteiger partial charge in [-0.2, -0.15) is 0 Å². The van der Waals surface area contributed by atoms with Crippen LogP contribution in [0.15, 0.2) is 70.5 Å². The van der Waals surface area contributed by atoms with Crippen molar-refractivity contribution in [3.8, 4) is 0 Å². The standard InChI is InChI=1S/C22H24N3O9P/c26-18-7-9-24(21-20(28)19(27)17(34-21)13-33-35(30,31)32)22(29)25(18)12-16-11-15(6-8-23-16)10-14-4-2-1-3-5-14/h1-9,11,17,19-21,27-28H,10,12-13H2,(H2,30,31,32)/t17-,19+,20?,21-/m1/s1. The number of rotatable bonds is 8. The van der Waals surface area contributed by atoms with Gasteiger partial charge in [-0.3, -0.25) is 23.4 Å². The molecule has 1 aromatic carbocycles. The van der Waals surface area contributed by atoms with E-state index in [-0.39, 0.29) is 6.54 Å². The molecule has 13 heteroatoms. The molecule has 3 heterocycles. The summed E-state index contributed by atoms with van der Waals surface area (Å²) in [6.07, 6.45) is -2.58. The fourth-order valence-corrected chi connectivity index (χ4v) is 4.20. The zero-order valence-electron chi connectivity index (χ0n) is 18.3. The van der Waals surface area contributed by atoms with E-state index in [1.165, 1.54) is 0 Å². The average molecular weight is 505 g/mol. The minimum atomic E-state index is -4.84. The molecule has 0 spiro atoms. The third kappa shape index (κ3) is 6.00. The molecule has 0 saturated carbocycles. The molecule has 4 rings (SSSR count). The number of aliphatic hydroxyl groups excluding tert-OH is 2. The van der Waals surface area contributed by atoms with Crippen LogP contribution in [0.3, 0.4) is 0 Å². The van der Waals surface area contributed by atoms with Gasteiger partial charge in [-0.1, -0.05) is 30.3 Å². The summed E-state index contributed by atoms with van der Waals surface area (Å²) in [7, 11) is -4.84. The van der Waals surface area contributed by atoms with Crippen LogP contribution in [0, 0.1) is 0 Å². The van der Waals surface area contributed by atoms with Crippen LogP contribution in [-0.2, 0) is 26.8 Å². The van der Waals surface area contributed by atoms with Crippen molar-refractivity contribution in [1.82, 2.24) is 14.1 Å². The molecule has 3 aromatic rings. The second kappa shape index (κ2) is 10.3. The van der Waals surface area contributed by atoms with Gasteiger partial charge in [0.05, 0.1) is 18.8 Å². The quantitative estimate of drug-likeness (QED) is 0.300. The van der Waals surface area contributed by atoms with E-state index in [1.807, 2.05) is 36.4 Å². The van der Waals surface area contributed by atoms with Gasteiger partial charge in [0.1, 0.15) is 18.3 Å². The highest BCUT2D eigenvalue weighted by Crippen LogP contribution is 2.38. The molecule has 0 aliphatic carbocycles. The largest absolute Gasteiger partial charge is 0.469 e. The van der Waals surface area contributed by atoms with Crippen LogP contribution in [0.5, 0.6) is 0 Å². The van der Waals surface area contributed by atoms with Gasteiger partial charge in [0.25, 0.3) is 5.56 Å². The summed E-state index contributed by atoms with van der Waals surface area (Å²) in [5.41, 5.74) is 1.08. The number of phosphoric acid groups is 1. The lowest BCUT2D eigenvalue weighted by Gasteiger charge is -2.18. The van der Waals surface area contributed by atoms with Crippen LogP contribution in [0.2, 0.25) is 0 Å². The van der Waals surface area contributed by atoms with Crippen molar-refractivity contribution < 1.29 is 33.8 Å². The first kappa shape index (κ1) is 25.1. The Morgan fingerprint density at radius 2 is 1.77 bits per heavy atom. The predicted molar refractivity (Wildman–Crippen MR) is 121 cm³/mol. The molecule has 0 radical (unpaired) electrons. The van der Waals surface area contributed by atoms with Gasteiger partial charge in [0.15, 0.2) is 6.23 Å². The number of pyridine rings is 1. The topological polar surface area (TPSA) is 173 Å². The normalized spacial score (nSPS) is 22.4. The summed E-state index contributed by atoms with van der Waals surface area (Å²) in [4.78, 5) is 47.5. The fourth-order valence-electron chi connectivity index (χ4n) is 3.86. The maximum absolute atomic E-state index is 13.1. The van der Waals surface area contributed by atoms with Crippen LogP contribution in [0.1, 0.15) is 23.0 Å². The van der Waals surface area contributed by atoms with Crippen molar-refractivity contribution in [1.29, 1.82) is 0 Å². The highest BCUT2D eigenvalue weighted by Gasteiger charge is 2.45. The van der Waals surface area contributed by atoms with E-state index < -0.39 is 50.2 Å². The van der Waals surface area contributed by atoms with Crippen molar-refractivity contribution in [3.05, 3.63) is 98.6 Å². The van der Waals surface area contributed by atoms with Crippen LogP contribution in [-0.4, -0.2) is 59.0 Å². The van der Waals surface area contributed by atoms with Gasteiger partial charge >= 0.3 is 13.5 Å². The average Bonchev–Trinajstić information content (AvgIpc) is 3.09. The first-order chi connectivity index (χ1) is 16.6. The van der Waals surface area contributed by atoms with Crippen LogP contribution in [0.25, 0.3) is 0 Å². The Morgan fingerprint density at radius 1 is 1.03 bits per heavy atom. The molecule has 1 fully saturated rings. The molecule has 186 valence electrons. The molecule has 1 saturated heterocycles.